The summed E-state index contributed by atoms with van der Waals surface area (Å²) >= 11 is 1.47. The van der Waals surface area contributed by atoms with Crippen LogP contribution in [0, 0.1) is 10.1 Å². The van der Waals surface area contributed by atoms with Crippen LogP contribution in [-0.4, -0.2) is 22.1 Å². The SMILES string of the molecule is CC(N)(CCSc1ccc([N+](=O)[O-])cc1)C(N)=O. The summed E-state index contributed by atoms with van der Waals surface area (Å²) in [5.41, 5.74) is 9.90. The van der Waals surface area contributed by atoms with Crippen molar-refractivity contribution in [2.45, 2.75) is 23.8 Å². The van der Waals surface area contributed by atoms with Crippen molar-refractivity contribution in [1.29, 1.82) is 0 Å². The molecule has 18 heavy (non-hydrogen) atoms. The maximum absolute atomic E-state index is 11.0. The van der Waals surface area contributed by atoms with E-state index in [0.717, 1.165) is 4.90 Å². The van der Waals surface area contributed by atoms with Gasteiger partial charge in [-0.1, -0.05) is 0 Å². The molecular weight excluding hydrogens is 254 g/mol. The van der Waals surface area contributed by atoms with E-state index < -0.39 is 16.4 Å². The number of primary amides is 1. The van der Waals surface area contributed by atoms with Gasteiger partial charge in [0.25, 0.3) is 5.69 Å². The van der Waals surface area contributed by atoms with Crippen LogP contribution in [-0.2, 0) is 4.79 Å². The molecule has 6 nitrogen and oxygen atoms in total. The van der Waals surface area contributed by atoms with E-state index >= 15 is 0 Å². The summed E-state index contributed by atoms with van der Waals surface area (Å²) in [5.74, 6) is 0.0834. The number of amides is 1. The number of carbonyl (C=O) groups is 1. The molecule has 1 unspecified atom stereocenters. The molecule has 0 radical (unpaired) electrons. The van der Waals surface area contributed by atoms with Crippen LogP contribution in [0.4, 0.5) is 5.69 Å². The monoisotopic (exact) mass is 269 g/mol. The van der Waals surface area contributed by atoms with Crippen molar-refractivity contribution < 1.29 is 9.72 Å². The quantitative estimate of drug-likeness (QED) is 0.459. The highest BCUT2D eigenvalue weighted by molar-refractivity contribution is 7.99. The van der Waals surface area contributed by atoms with Crippen LogP contribution in [0.5, 0.6) is 0 Å². The fourth-order valence-corrected chi connectivity index (χ4v) is 2.26. The van der Waals surface area contributed by atoms with Crippen LogP contribution >= 0.6 is 11.8 Å². The van der Waals surface area contributed by atoms with E-state index in [1.54, 1.807) is 19.1 Å². The third-order valence-electron chi connectivity index (χ3n) is 2.50. The van der Waals surface area contributed by atoms with Crippen LogP contribution in [0.2, 0.25) is 0 Å². The number of hydrogen-bond acceptors (Lipinski definition) is 5. The van der Waals surface area contributed by atoms with Gasteiger partial charge in [0.05, 0.1) is 10.5 Å². The number of nitro benzene ring substituents is 1. The van der Waals surface area contributed by atoms with E-state index in [-0.39, 0.29) is 5.69 Å². The summed E-state index contributed by atoms with van der Waals surface area (Å²) in [6.45, 7) is 1.59. The lowest BCUT2D eigenvalue weighted by molar-refractivity contribution is -0.384. The lowest BCUT2D eigenvalue weighted by atomic mass is 10.0. The Morgan fingerprint density at radius 1 is 1.44 bits per heavy atom. The molecule has 0 fully saturated rings. The largest absolute Gasteiger partial charge is 0.368 e. The third kappa shape index (κ3) is 4.01. The summed E-state index contributed by atoms with van der Waals surface area (Å²) in [5, 5.41) is 10.5. The average Bonchev–Trinajstić information content (AvgIpc) is 2.29. The van der Waals surface area contributed by atoms with Gasteiger partial charge in [-0.05, 0) is 25.5 Å². The Bertz CT molecular complexity index is 445. The van der Waals surface area contributed by atoms with Crippen LogP contribution in [0.25, 0.3) is 0 Å². The molecule has 0 aliphatic carbocycles. The molecule has 1 amide bonds. The molecule has 1 rings (SSSR count). The molecule has 0 spiro atoms. The summed E-state index contributed by atoms with van der Waals surface area (Å²) in [7, 11) is 0. The third-order valence-corrected chi connectivity index (χ3v) is 3.51. The minimum absolute atomic E-state index is 0.0557. The second-order valence-electron chi connectivity index (χ2n) is 4.13. The Kier molecular flexibility index (Phi) is 4.69. The van der Waals surface area contributed by atoms with Gasteiger partial charge in [-0.25, -0.2) is 0 Å². The van der Waals surface area contributed by atoms with Crippen molar-refractivity contribution >= 4 is 23.4 Å². The van der Waals surface area contributed by atoms with Gasteiger partial charge in [0.1, 0.15) is 0 Å². The Morgan fingerprint density at radius 3 is 2.44 bits per heavy atom. The van der Waals surface area contributed by atoms with Crippen LogP contribution < -0.4 is 11.5 Å². The first-order valence-corrected chi connectivity index (χ1v) is 6.27. The van der Waals surface area contributed by atoms with E-state index in [9.17, 15) is 14.9 Å². The fourth-order valence-electron chi connectivity index (χ4n) is 1.17. The van der Waals surface area contributed by atoms with Crippen LogP contribution in [0.15, 0.2) is 29.2 Å². The smallest absolute Gasteiger partial charge is 0.269 e. The van der Waals surface area contributed by atoms with Gasteiger partial charge in [-0.3, -0.25) is 14.9 Å². The first-order chi connectivity index (χ1) is 8.33. The van der Waals surface area contributed by atoms with E-state index in [0.29, 0.717) is 12.2 Å². The maximum atomic E-state index is 11.0. The van der Waals surface area contributed by atoms with Crippen LogP contribution in [0.1, 0.15) is 13.3 Å². The zero-order chi connectivity index (χ0) is 13.8. The summed E-state index contributed by atoms with van der Waals surface area (Å²) < 4.78 is 0. The van der Waals surface area contributed by atoms with Crippen molar-refractivity contribution in [3.63, 3.8) is 0 Å². The molecule has 0 bridgehead atoms. The van der Waals surface area contributed by atoms with E-state index in [1.807, 2.05) is 0 Å². The molecule has 0 aliphatic heterocycles. The fraction of sp³-hybridized carbons (Fsp3) is 0.364. The standard InChI is InChI=1S/C11H15N3O3S/c1-11(13,10(12)15)6-7-18-9-4-2-8(3-5-9)14(16)17/h2-5H,6-7,13H2,1H3,(H2,12,15). The van der Waals surface area contributed by atoms with Gasteiger partial charge in [0.2, 0.25) is 5.91 Å². The predicted molar refractivity (Wildman–Crippen MR) is 70.2 cm³/mol. The Morgan fingerprint density at radius 2 is 2.00 bits per heavy atom. The van der Waals surface area contributed by atoms with Crippen molar-refractivity contribution in [1.82, 2.24) is 0 Å². The Labute approximate surface area is 109 Å². The van der Waals surface area contributed by atoms with Crippen molar-refractivity contribution in [2.24, 2.45) is 11.5 Å². The summed E-state index contributed by atoms with van der Waals surface area (Å²) in [6, 6.07) is 6.22. The minimum atomic E-state index is -1.02. The second-order valence-corrected chi connectivity index (χ2v) is 5.30. The first kappa shape index (κ1) is 14.5. The number of nitro groups is 1. The molecule has 0 aromatic heterocycles. The topological polar surface area (TPSA) is 112 Å². The normalized spacial score (nSPS) is 13.9. The lowest BCUT2D eigenvalue weighted by Crippen LogP contribution is -2.49. The van der Waals surface area contributed by atoms with Gasteiger partial charge < -0.3 is 11.5 Å². The molecule has 0 saturated carbocycles. The maximum Gasteiger partial charge on any atom is 0.269 e. The molecule has 7 heteroatoms. The van der Waals surface area contributed by atoms with Gasteiger partial charge in [0.15, 0.2) is 0 Å². The lowest BCUT2D eigenvalue weighted by Gasteiger charge is -2.19. The summed E-state index contributed by atoms with van der Waals surface area (Å²) in [4.78, 5) is 21.9. The average molecular weight is 269 g/mol. The Hall–Kier alpha value is -1.60. The van der Waals surface area contributed by atoms with Crippen molar-refractivity contribution in [3.05, 3.63) is 34.4 Å². The van der Waals surface area contributed by atoms with Gasteiger partial charge in [-0.15, -0.1) is 11.8 Å². The number of hydrogen-bond donors (Lipinski definition) is 2. The highest BCUT2D eigenvalue weighted by Crippen LogP contribution is 2.23. The zero-order valence-corrected chi connectivity index (χ0v) is 10.8. The minimum Gasteiger partial charge on any atom is -0.368 e. The molecule has 1 aromatic rings. The zero-order valence-electron chi connectivity index (χ0n) is 9.96. The molecule has 4 N–H and O–H groups in total. The summed E-state index contributed by atoms with van der Waals surface area (Å²) in [6.07, 6.45) is 0.448. The predicted octanol–water partition coefficient (Wildman–Crippen LogP) is 1.28. The van der Waals surface area contributed by atoms with E-state index in [4.69, 9.17) is 11.5 Å². The van der Waals surface area contributed by atoms with E-state index in [1.165, 1.54) is 23.9 Å². The second kappa shape index (κ2) is 5.83. The van der Waals surface area contributed by atoms with Crippen molar-refractivity contribution in [2.75, 3.05) is 5.75 Å². The van der Waals surface area contributed by atoms with Crippen molar-refractivity contribution in [3.8, 4) is 0 Å². The van der Waals surface area contributed by atoms with E-state index in [2.05, 4.69) is 0 Å². The highest BCUT2D eigenvalue weighted by atomic mass is 32.2. The molecular formula is C11H15N3O3S. The molecule has 98 valence electrons. The highest BCUT2D eigenvalue weighted by Gasteiger charge is 2.24. The molecule has 0 heterocycles. The van der Waals surface area contributed by atoms with Gasteiger partial charge >= 0.3 is 0 Å². The van der Waals surface area contributed by atoms with Gasteiger partial charge in [0, 0.05) is 22.8 Å². The molecule has 1 atom stereocenters. The number of nitrogens with two attached hydrogens (primary N) is 2. The number of carbonyl (C=O) groups excluding carboxylic acids is 1. The Balaban J connectivity index is 2.50. The molecule has 0 saturated heterocycles. The van der Waals surface area contributed by atoms with Crippen LogP contribution in [0.3, 0.4) is 0 Å². The van der Waals surface area contributed by atoms with Gasteiger partial charge in [-0.2, -0.15) is 0 Å². The number of benzene rings is 1. The first-order valence-electron chi connectivity index (χ1n) is 5.29. The number of thioether (sulfide) groups is 1. The number of rotatable bonds is 6. The number of non-ortho nitro benzene ring substituents is 1. The molecule has 1 aromatic carbocycles. The molecule has 0 aliphatic rings. The number of nitrogens with zero attached hydrogens (tertiary/aromatic N) is 1.